The van der Waals surface area contributed by atoms with Crippen molar-refractivity contribution in [2.24, 2.45) is 0 Å². The van der Waals surface area contributed by atoms with E-state index >= 15 is 0 Å². The maximum atomic E-state index is 13.3. The van der Waals surface area contributed by atoms with Crippen LogP contribution < -0.4 is 0 Å². The third-order valence-electron chi connectivity index (χ3n) is 3.98. The molecule has 122 valence electrons. The number of hydrogen-bond acceptors (Lipinski definition) is 3. The number of aromatic nitrogens is 2. The summed E-state index contributed by atoms with van der Waals surface area (Å²) in [6.07, 6.45) is 1.85. The Morgan fingerprint density at radius 3 is 2.52 bits per heavy atom. The Hall–Kier alpha value is -3.54. The van der Waals surface area contributed by atoms with Gasteiger partial charge in [-0.3, -0.25) is 14.5 Å². The molecule has 6 heteroatoms. The topological polar surface area (TPSA) is 60.4 Å². The lowest BCUT2D eigenvalue weighted by Gasteiger charge is -2.06. The van der Waals surface area contributed by atoms with Crippen molar-refractivity contribution in [3.05, 3.63) is 88.9 Å². The minimum atomic E-state index is -0.426. The summed E-state index contributed by atoms with van der Waals surface area (Å²) < 4.78 is 15.1. The maximum absolute atomic E-state index is 13.3. The zero-order valence-corrected chi connectivity index (χ0v) is 13.0. The van der Waals surface area contributed by atoms with E-state index in [2.05, 4.69) is 4.98 Å². The SMILES string of the molecule is O=[N+]([O-])c1cccc(-c2c(-c3ccc(F)cc3)nc3ccccn23)c1. The highest BCUT2D eigenvalue weighted by atomic mass is 19.1. The smallest absolute Gasteiger partial charge is 0.270 e. The summed E-state index contributed by atoms with van der Waals surface area (Å²) in [5.41, 5.74) is 3.51. The third kappa shape index (κ3) is 2.63. The monoisotopic (exact) mass is 333 g/mol. The van der Waals surface area contributed by atoms with Gasteiger partial charge in [-0.2, -0.15) is 0 Å². The second-order valence-corrected chi connectivity index (χ2v) is 5.55. The van der Waals surface area contributed by atoms with E-state index in [9.17, 15) is 14.5 Å². The van der Waals surface area contributed by atoms with Gasteiger partial charge in [0.2, 0.25) is 0 Å². The van der Waals surface area contributed by atoms with Crippen LogP contribution in [0, 0.1) is 15.9 Å². The molecule has 0 spiro atoms. The molecule has 2 aromatic carbocycles. The van der Waals surface area contributed by atoms with Gasteiger partial charge < -0.3 is 0 Å². The Balaban J connectivity index is 2.01. The van der Waals surface area contributed by atoms with Crippen LogP contribution in [0.3, 0.4) is 0 Å². The van der Waals surface area contributed by atoms with Crippen molar-refractivity contribution in [2.75, 3.05) is 0 Å². The van der Waals surface area contributed by atoms with Crippen LogP contribution in [0.4, 0.5) is 10.1 Å². The first-order valence-corrected chi connectivity index (χ1v) is 7.61. The van der Waals surface area contributed by atoms with Crippen molar-refractivity contribution in [3.8, 4) is 22.5 Å². The van der Waals surface area contributed by atoms with Gasteiger partial charge in [-0.15, -0.1) is 0 Å². The van der Waals surface area contributed by atoms with E-state index in [4.69, 9.17) is 0 Å². The van der Waals surface area contributed by atoms with Crippen molar-refractivity contribution in [2.45, 2.75) is 0 Å². The second-order valence-electron chi connectivity index (χ2n) is 5.55. The minimum absolute atomic E-state index is 0.00781. The predicted molar refractivity (Wildman–Crippen MR) is 92.7 cm³/mol. The molecule has 0 saturated heterocycles. The number of benzene rings is 2. The molecule has 0 fully saturated rings. The van der Waals surface area contributed by atoms with E-state index in [1.165, 1.54) is 24.3 Å². The van der Waals surface area contributed by atoms with E-state index in [0.29, 0.717) is 16.9 Å². The Kier molecular flexibility index (Phi) is 3.50. The van der Waals surface area contributed by atoms with Crippen LogP contribution in [0.5, 0.6) is 0 Å². The summed E-state index contributed by atoms with van der Waals surface area (Å²) >= 11 is 0. The lowest BCUT2D eigenvalue weighted by molar-refractivity contribution is -0.384. The number of halogens is 1. The van der Waals surface area contributed by atoms with E-state index in [0.717, 1.165) is 11.3 Å². The molecular formula is C19H12FN3O2. The number of rotatable bonds is 3. The van der Waals surface area contributed by atoms with Gasteiger partial charge >= 0.3 is 0 Å². The first-order valence-electron chi connectivity index (χ1n) is 7.61. The molecule has 0 aliphatic rings. The maximum Gasteiger partial charge on any atom is 0.270 e. The molecular weight excluding hydrogens is 321 g/mol. The fraction of sp³-hybridized carbons (Fsp3) is 0. The molecule has 0 aliphatic heterocycles. The fourth-order valence-electron chi connectivity index (χ4n) is 2.85. The van der Waals surface area contributed by atoms with Gasteiger partial charge in [0, 0.05) is 29.5 Å². The molecule has 0 N–H and O–H groups in total. The fourth-order valence-corrected chi connectivity index (χ4v) is 2.85. The first kappa shape index (κ1) is 15.0. The van der Waals surface area contributed by atoms with Crippen molar-refractivity contribution in [1.29, 1.82) is 0 Å². The van der Waals surface area contributed by atoms with Gasteiger partial charge in [-0.05, 0) is 36.4 Å². The average molecular weight is 333 g/mol. The molecule has 0 radical (unpaired) electrons. The summed E-state index contributed by atoms with van der Waals surface area (Å²) in [7, 11) is 0. The van der Waals surface area contributed by atoms with Crippen molar-refractivity contribution in [1.82, 2.24) is 9.38 Å². The Labute approximate surface area is 142 Å². The summed E-state index contributed by atoms with van der Waals surface area (Å²) in [6.45, 7) is 0. The van der Waals surface area contributed by atoms with Gasteiger partial charge in [-0.25, -0.2) is 9.37 Å². The van der Waals surface area contributed by atoms with Gasteiger partial charge in [0.1, 0.15) is 11.5 Å². The standard InChI is InChI=1S/C19H12FN3O2/c20-15-9-7-13(8-10-15)18-19(22-11-2-1-6-17(22)21-18)14-4-3-5-16(12-14)23(24)25/h1-12H. The van der Waals surface area contributed by atoms with Gasteiger partial charge in [0.15, 0.2) is 0 Å². The molecule has 0 atom stereocenters. The van der Waals surface area contributed by atoms with Crippen LogP contribution in [0.25, 0.3) is 28.2 Å². The Morgan fingerprint density at radius 2 is 1.76 bits per heavy atom. The molecule has 0 bridgehead atoms. The number of imidazole rings is 1. The number of nitrogens with zero attached hydrogens (tertiary/aromatic N) is 3. The third-order valence-corrected chi connectivity index (χ3v) is 3.98. The summed E-state index contributed by atoms with van der Waals surface area (Å²) in [4.78, 5) is 15.3. The highest BCUT2D eigenvalue weighted by Gasteiger charge is 2.17. The second kappa shape index (κ2) is 5.83. The number of nitro benzene ring substituents is 1. The number of fused-ring (bicyclic) bond motifs is 1. The zero-order chi connectivity index (χ0) is 17.4. The van der Waals surface area contributed by atoms with E-state index in [1.807, 2.05) is 28.8 Å². The van der Waals surface area contributed by atoms with Gasteiger partial charge in [0.05, 0.1) is 16.3 Å². The van der Waals surface area contributed by atoms with Crippen molar-refractivity contribution in [3.63, 3.8) is 0 Å². The Bertz CT molecular complexity index is 1090. The lowest BCUT2D eigenvalue weighted by Crippen LogP contribution is -1.92. The van der Waals surface area contributed by atoms with E-state index < -0.39 is 4.92 Å². The molecule has 2 aromatic heterocycles. The minimum Gasteiger partial charge on any atom is -0.299 e. The van der Waals surface area contributed by atoms with Crippen LogP contribution in [-0.2, 0) is 0 Å². The quantitative estimate of drug-likeness (QED) is 0.403. The van der Waals surface area contributed by atoms with Gasteiger partial charge in [0.25, 0.3) is 5.69 Å². The van der Waals surface area contributed by atoms with Crippen LogP contribution in [-0.4, -0.2) is 14.3 Å². The van der Waals surface area contributed by atoms with E-state index in [-0.39, 0.29) is 11.5 Å². The summed E-state index contributed by atoms with van der Waals surface area (Å²) in [6, 6.07) is 18.0. The summed E-state index contributed by atoms with van der Waals surface area (Å²) in [5.74, 6) is -0.329. The van der Waals surface area contributed by atoms with Crippen molar-refractivity contribution < 1.29 is 9.31 Å². The highest BCUT2D eigenvalue weighted by molar-refractivity contribution is 5.82. The lowest BCUT2D eigenvalue weighted by atomic mass is 10.0. The molecule has 5 nitrogen and oxygen atoms in total. The van der Waals surface area contributed by atoms with Crippen LogP contribution >= 0.6 is 0 Å². The molecule has 4 aromatic rings. The Morgan fingerprint density at radius 1 is 0.960 bits per heavy atom. The normalized spacial score (nSPS) is 10.9. The number of nitro groups is 1. The highest BCUT2D eigenvalue weighted by Crippen LogP contribution is 2.34. The molecule has 0 saturated carbocycles. The van der Waals surface area contributed by atoms with Crippen LogP contribution in [0.1, 0.15) is 0 Å². The summed E-state index contributed by atoms with van der Waals surface area (Å²) in [5, 5.41) is 11.1. The molecule has 0 unspecified atom stereocenters. The van der Waals surface area contributed by atoms with Gasteiger partial charge in [-0.1, -0.05) is 18.2 Å². The molecule has 0 aliphatic carbocycles. The molecule has 0 amide bonds. The number of pyridine rings is 1. The molecule has 4 rings (SSSR count). The molecule has 2 heterocycles. The zero-order valence-electron chi connectivity index (χ0n) is 13.0. The average Bonchev–Trinajstić information content (AvgIpc) is 3.02. The van der Waals surface area contributed by atoms with Crippen LogP contribution in [0.15, 0.2) is 72.9 Å². The number of non-ortho nitro benzene ring substituents is 1. The van der Waals surface area contributed by atoms with Crippen molar-refractivity contribution >= 4 is 11.3 Å². The molecule has 25 heavy (non-hydrogen) atoms. The van der Waals surface area contributed by atoms with E-state index in [1.54, 1.807) is 24.3 Å². The largest absolute Gasteiger partial charge is 0.299 e. The number of hydrogen-bond donors (Lipinski definition) is 0. The first-order chi connectivity index (χ1) is 12.1. The van der Waals surface area contributed by atoms with Crippen LogP contribution in [0.2, 0.25) is 0 Å². The predicted octanol–water partition coefficient (Wildman–Crippen LogP) is 4.72.